The summed E-state index contributed by atoms with van der Waals surface area (Å²) in [5, 5.41) is 6.90. The molecule has 3 aromatic rings. The van der Waals surface area contributed by atoms with Gasteiger partial charge in [-0.05, 0) is 48.0 Å². The number of rotatable bonds is 8. The monoisotopic (exact) mass is 393 g/mol. The third kappa shape index (κ3) is 5.70. The maximum atomic E-state index is 12.0. The lowest BCUT2D eigenvalue weighted by atomic mass is 10.2. The average molecular weight is 393 g/mol. The molecule has 0 aliphatic carbocycles. The van der Waals surface area contributed by atoms with E-state index in [0.717, 1.165) is 5.69 Å². The number of hydrogen-bond donors (Lipinski definition) is 2. The second-order valence-corrected chi connectivity index (χ2v) is 5.79. The number of hydrogen-bond acceptors (Lipinski definition) is 7. The van der Waals surface area contributed by atoms with Crippen molar-refractivity contribution in [1.29, 1.82) is 0 Å². The minimum absolute atomic E-state index is 0.0875. The van der Waals surface area contributed by atoms with Crippen molar-refractivity contribution in [3.8, 4) is 11.5 Å². The van der Waals surface area contributed by atoms with E-state index in [0.29, 0.717) is 11.3 Å². The van der Waals surface area contributed by atoms with Gasteiger partial charge in [-0.1, -0.05) is 18.2 Å². The van der Waals surface area contributed by atoms with Crippen LogP contribution < -0.4 is 20.2 Å². The average Bonchev–Trinajstić information content (AvgIpc) is 3.29. The molecule has 0 spiro atoms. The fraction of sp³-hybridized carbons (Fsp3) is 0.0952. The highest BCUT2D eigenvalue weighted by atomic mass is 16.6. The molecule has 2 aromatic carbocycles. The van der Waals surface area contributed by atoms with Crippen molar-refractivity contribution in [2.75, 3.05) is 19.0 Å². The molecule has 0 aliphatic heterocycles. The van der Waals surface area contributed by atoms with E-state index in [4.69, 9.17) is 13.9 Å². The van der Waals surface area contributed by atoms with E-state index in [1.165, 1.54) is 25.7 Å². The van der Waals surface area contributed by atoms with E-state index in [9.17, 15) is 9.59 Å². The minimum Gasteiger partial charge on any atom is -0.493 e. The molecule has 2 N–H and O–H groups in total. The summed E-state index contributed by atoms with van der Waals surface area (Å²) in [6, 6.07) is 17.3. The van der Waals surface area contributed by atoms with Crippen molar-refractivity contribution in [1.82, 2.24) is 5.43 Å². The summed E-state index contributed by atoms with van der Waals surface area (Å²) in [4.78, 5) is 23.8. The van der Waals surface area contributed by atoms with Gasteiger partial charge in [-0.15, -0.1) is 0 Å². The van der Waals surface area contributed by atoms with E-state index < -0.39 is 5.97 Å². The number of benzene rings is 2. The Hall–Kier alpha value is -4.07. The molecule has 8 heteroatoms. The van der Waals surface area contributed by atoms with E-state index in [-0.39, 0.29) is 24.0 Å². The predicted octanol–water partition coefficient (Wildman–Crippen LogP) is 3.07. The Morgan fingerprint density at radius 2 is 1.90 bits per heavy atom. The Balaban J connectivity index is 1.55. The molecule has 0 aliphatic rings. The Morgan fingerprint density at radius 1 is 1.07 bits per heavy atom. The van der Waals surface area contributed by atoms with Crippen molar-refractivity contribution in [2.24, 2.45) is 5.10 Å². The first kappa shape index (κ1) is 19.7. The molecule has 3 rings (SSSR count). The lowest BCUT2D eigenvalue weighted by Crippen LogP contribution is -2.25. The Bertz CT molecular complexity index is 985. The number of hydrazone groups is 1. The summed E-state index contributed by atoms with van der Waals surface area (Å²) >= 11 is 0. The van der Waals surface area contributed by atoms with Crippen LogP contribution in [0.1, 0.15) is 16.1 Å². The first-order chi connectivity index (χ1) is 14.2. The number of anilines is 1. The SMILES string of the molecule is COc1cc(/C=N\NC(=O)CNc2ccccc2)ccc1OC(=O)c1ccco1. The van der Waals surface area contributed by atoms with Gasteiger partial charge < -0.3 is 19.2 Å². The van der Waals surface area contributed by atoms with Crippen LogP contribution in [-0.4, -0.2) is 31.7 Å². The zero-order chi connectivity index (χ0) is 20.5. The summed E-state index contributed by atoms with van der Waals surface area (Å²) in [5.41, 5.74) is 3.93. The smallest absolute Gasteiger partial charge is 0.379 e. The maximum absolute atomic E-state index is 12.0. The summed E-state index contributed by atoms with van der Waals surface area (Å²) < 4.78 is 15.5. The Labute approximate surface area is 167 Å². The van der Waals surface area contributed by atoms with Crippen molar-refractivity contribution < 1.29 is 23.5 Å². The van der Waals surface area contributed by atoms with Gasteiger partial charge in [0.25, 0.3) is 5.91 Å². The van der Waals surface area contributed by atoms with Crippen molar-refractivity contribution in [2.45, 2.75) is 0 Å². The number of carbonyl (C=O) groups is 2. The van der Waals surface area contributed by atoms with Gasteiger partial charge in [-0.3, -0.25) is 4.79 Å². The van der Waals surface area contributed by atoms with Crippen molar-refractivity contribution >= 4 is 23.8 Å². The van der Waals surface area contributed by atoms with Crippen LogP contribution in [0.5, 0.6) is 11.5 Å². The molecule has 29 heavy (non-hydrogen) atoms. The number of furan rings is 1. The molecule has 0 bridgehead atoms. The number of amides is 1. The number of ether oxygens (including phenoxy) is 2. The van der Waals surface area contributed by atoms with Crippen LogP contribution in [0.15, 0.2) is 76.4 Å². The first-order valence-electron chi connectivity index (χ1n) is 8.70. The summed E-state index contributed by atoms with van der Waals surface area (Å²) in [6.07, 6.45) is 2.85. The highest BCUT2D eigenvalue weighted by Crippen LogP contribution is 2.28. The van der Waals surface area contributed by atoms with Crippen LogP contribution in [0.4, 0.5) is 5.69 Å². The summed E-state index contributed by atoms with van der Waals surface area (Å²) in [5.74, 6) is -0.258. The molecule has 0 fully saturated rings. The second kappa shape index (κ2) is 9.75. The molecule has 0 unspecified atom stereocenters. The van der Waals surface area contributed by atoms with Crippen molar-refractivity contribution in [3.05, 3.63) is 78.3 Å². The molecule has 1 amide bonds. The molecule has 0 atom stereocenters. The van der Waals surface area contributed by atoms with Crippen molar-refractivity contribution in [3.63, 3.8) is 0 Å². The molecule has 0 radical (unpaired) electrons. The van der Waals surface area contributed by atoms with Crippen LogP contribution >= 0.6 is 0 Å². The van der Waals surface area contributed by atoms with E-state index in [1.54, 1.807) is 24.3 Å². The molecule has 1 heterocycles. The van der Waals surface area contributed by atoms with Gasteiger partial charge in [-0.25, -0.2) is 10.2 Å². The fourth-order valence-electron chi connectivity index (χ4n) is 2.35. The molecule has 8 nitrogen and oxygen atoms in total. The standard InChI is InChI=1S/C21H19N3O5/c1-27-19-12-15(9-10-17(19)29-21(26)18-8-5-11-28-18)13-23-24-20(25)14-22-16-6-3-2-4-7-16/h2-13,22H,14H2,1H3,(H,24,25)/b23-13-. The van der Waals surface area contributed by atoms with Crippen LogP contribution in [0.2, 0.25) is 0 Å². The number of para-hydroxylation sites is 1. The number of carbonyl (C=O) groups excluding carboxylic acids is 2. The normalized spacial score (nSPS) is 10.5. The highest BCUT2D eigenvalue weighted by molar-refractivity contribution is 5.89. The highest BCUT2D eigenvalue weighted by Gasteiger charge is 2.14. The van der Waals surface area contributed by atoms with Crippen LogP contribution in [0.25, 0.3) is 0 Å². The van der Waals surface area contributed by atoms with Gasteiger partial charge in [0.05, 0.1) is 26.1 Å². The van der Waals surface area contributed by atoms with E-state index in [1.807, 2.05) is 30.3 Å². The molecular formula is C21H19N3O5. The molecular weight excluding hydrogens is 374 g/mol. The van der Waals surface area contributed by atoms with Gasteiger partial charge >= 0.3 is 5.97 Å². The van der Waals surface area contributed by atoms with Crippen LogP contribution in [0.3, 0.4) is 0 Å². The zero-order valence-corrected chi connectivity index (χ0v) is 15.6. The quantitative estimate of drug-likeness (QED) is 0.264. The van der Waals surface area contributed by atoms with Gasteiger partial charge in [0.1, 0.15) is 0 Å². The third-order valence-corrected chi connectivity index (χ3v) is 3.74. The Morgan fingerprint density at radius 3 is 2.62 bits per heavy atom. The van der Waals surface area contributed by atoms with E-state index >= 15 is 0 Å². The third-order valence-electron chi connectivity index (χ3n) is 3.74. The predicted molar refractivity (Wildman–Crippen MR) is 107 cm³/mol. The van der Waals surface area contributed by atoms with Gasteiger partial charge in [0.2, 0.25) is 5.76 Å². The largest absolute Gasteiger partial charge is 0.493 e. The van der Waals surface area contributed by atoms with Crippen LogP contribution in [0, 0.1) is 0 Å². The summed E-state index contributed by atoms with van der Waals surface area (Å²) in [7, 11) is 1.46. The lowest BCUT2D eigenvalue weighted by molar-refractivity contribution is -0.119. The Kier molecular flexibility index (Phi) is 6.62. The van der Waals surface area contributed by atoms with Crippen LogP contribution in [-0.2, 0) is 4.79 Å². The van der Waals surface area contributed by atoms with E-state index in [2.05, 4.69) is 15.8 Å². The minimum atomic E-state index is -0.632. The summed E-state index contributed by atoms with van der Waals surface area (Å²) in [6.45, 7) is 0.0896. The second-order valence-electron chi connectivity index (χ2n) is 5.79. The van der Waals surface area contributed by atoms with Gasteiger partial charge in [0.15, 0.2) is 11.5 Å². The van der Waals surface area contributed by atoms with Gasteiger partial charge in [-0.2, -0.15) is 5.10 Å². The molecule has 1 aromatic heterocycles. The number of nitrogens with one attached hydrogen (secondary N) is 2. The zero-order valence-electron chi connectivity index (χ0n) is 15.6. The van der Waals surface area contributed by atoms with Gasteiger partial charge in [0, 0.05) is 5.69 Å². The maximum Gasteiger partial charge on any atom is 0.379 e. The first-order valence-corrected chi connectivity index (χ1v) is 8.70. The topological polar surface area (TPSA) is 102 Å². The molecule has 0 saturated heterocycles. The molecule has 148 valence electrons. The fourth-order valence-corrected chi connectivity index (χ4v) is 2.35. The number of methoxy groups -OCH3 is 1. The number of nitrogens with zero attached hydrogens (tertiary/aromatic N) is 1. The number of esters is 1. The molecule has 0 saturated carbocycles. The lowest BCUT2D eigenvalue weighted by Gasteiger charge is -2.09.